The molecule has 0 unspecified atom stereocenters. The van der Waals surface area contributed by atoms with Crippen LogP contribution in [0.25, 0.3) is 0 Å². The van der Waals surface area contributed by atoms with E-state index in [1.807, 2.05) is 27.7 Å². The van der Waals surface area contributed by atoms with Gasteiger partial charge in [-0.05, 0) is 23.8 Å². The van der Waals surface area contributed by atoms with Crippen LogP contribution in [0.4, 0.5) is 0 Å². The predicted octanol–water partition coefficient (Wildman–Crippen LogP) is 4.93. The van der Waals surface area contributed by atoms with E-state index in [0.29, 0.717) is 5.57 Å². The molecule has 0 radical (unpaired) electrons. The lowest BCUT2D eigenvalue weighted by Crippen LogP contribution is -1.95. The van der Waals surface area contributed by atoms with Gasteiger partial charge < -0.3 is 0 Å². The second-order valence-corrected chi connectivity index (χ2v) is 4.96. The molecule has 1 aromatic carbocycles. The zero-order chi connectivity index (χ0) is 16.7. The zero-order valence-corrected chi connectivity index (χ0v) is 14.1. The van der Waals surface area contributed by atoms with Crippen molar-refractivity contribution in [2.75, 3.05) is 0 Å². The number of rotatable bonds is 5. The van der Waals surface area contributed by atoms with Gasteiger partial charge in [-0.25, -0.2) is 8.42 Å². The third kappa shape index (κ3) is 8.67. The highest BCUT2D eigenvalue weighted by Crippen LogP contribution is 2.11. The van der Waals surface area contributed by atoms with Crippen LogP contribution < -0.4 is 0 Å². The van der Waals surface area contributed by atoms with E-state index in [9.17, 15) is 8.42 Å². The van der Waals surface area contributed by atoms with Gasteiger partial charge in [-0.1, -0.05) is 71.2 Å². The first kappa shape index (κ1) is 21.3. The van der Waals surface area contributed by atoms with E-state index in [1.54, 1.807) is 18.2 Å². The fourth-order valence-corrected chi connectivity index (χ4v) is 2.06. The third-order valence-electron chi connectivity index (χ3n) is 1.94. The first-order valence-corrected chi connectivity index (χ1v) is 8.41. The standard InChI is InChI=1S/C14H12O2S.2C2H6/c1-3-8-13(4-2)11-12-17(15,16)14-9-6-5-7-10-14;2*1-2/h3-4,6,8-12H,1-2H2;2*1-2H3/b12-11+,13-8+;;. The van der Waals surface area contributed by atoms with E-state index in [4.69, 9.17) is 0 Å². The maximum atomic E-state index is 11.8. The molecule has 2 nitrogen and oxygen atoms in total. The number of sulfone groups is 1. The minimum Gasteiger partial charge on any atom is -0.219 e. The lowest BCUT2D eigenvalue weighted by molar-refractivity contribution is 0.604. The molecule has 1 aromatic rings. The van der Waals surface area contributed by atoms with Crippen molar-refractivity contribution < 1.29 is 8.42 Å². The summed E-state index contributed by atoms with van der Waals surface area (Å²) >= 11 is 0. The lowest BCUT2D eigenvalue weighted by Gasteiger charge is -1.96. The van der Waals surface area contributed by atoms with Gasteiger partial charge in [0.15, 0.2) is 9.84 Å². The van der Waals surface area contributed by atoms with E-state index in [2.05, 4.69) is 25.3 Å². The molecule has 0 aromatic heterocycles. The van der Waals surface area contributed by atoms with Gasteiger partial charge in [-0.3, -0.25) is 0 Å². The Morgan fingerprint density at radius 1 is 1.14 bits per heavy atom. The van der Waals surface area contributed by atoms with Crippen LogP contribution >= 0.6 is 0 Å². The Hall–Kier alpha value is -2.05. The zero-order valence-electron chi connectivity index (χ0n) is 13.3. The molecular weight excluding hydrogens is 280 g/mol. The maximum Gasteiger partial charge on any atom is 0.200 e. The summed E-state index contributed by atoms with van der Waals surface area (Å²) in [6.45, 7) is 15.1. The molecule has 0 saturated carbocycles. The van der Waals surface area contributed by atoms with E-state index < -0.39 is 9.84 Å². The van der Waals surface area contributed by atoms with Crippen LogP contribution in [0.15, 0.2) is 71.5 Å². The van der Waals surface area contributed by atoms with Crippen molar-refractivity contribution in [3.63, 3.8) is 0 Å². The summed E-state index contributed by atoms with van der Waals surface area (Å²) in [5, 5.41) is 1.13. The Labute approximate surface area is 130 Å². The summed E-state index contributed by atoms with van der Waals surface area (Å²) in [6.07, 6.45) is 6.27. The van der Waals surface area contributed by atoms with Crippen molar-refractivity contribution in [3.8, 4) is 0 Å². The monoisotopic (exact) mass is 304 g/mol. The second-order valence-electron chi connectivity index (χ2n) is 3.12. The molecule has 0 spiro atoms. The molecule has 0 fully saturated rings. The van der Waals surface area contributed by atoms with Gasteiger partial charge in [0.1, 0.15) is 0 Å². The predicted molar refractivity (Wildman–Crippen MR) is 91.6 cm³/mol. The summed E-state index contributed by atoms with van der Waals surface area (Å²) in [5.41, 5.74) is 0.676. The van der Waals surface area contributed by atoms with Gasteiger partial charge in [0, 0.05) is 11.5 Å². The van der Waals surface area contributed by atoms with E-state index in [1.165, 1.54) is 24.3 Å². The van der Waals surface area contributed by atoms with E-state index in [0.717, 1.165) is 5.41 Å². The molecule has 1 rings (SSSR count). The Kier molecular flexibility index (Phi) is 13.1. The molecule has 0 saturated heterocycles. The molecule has 114 valence electrons. The molecular formula is C18H24O2S. The molecule has 0 aliphatic carbocycles. The van der Waals surface area contributed by atoms with Gasteiger partial charge in [0.25, 0.3) is 0 Å². The topological polar surface area (TPSA) is 34.1 Å². The fourth-order valence-electron chi connectivity index (χ4n) is 1.08. The Balaban J connectivity index is 0. The summed E-state index contributed by atoms with van der Waals surface area (Å²) in [7, 11) is -3.44. The average Bonchev–Trinajstić information content (AvgIpc) is 2.56. The summed E-state index contributed by atoms with van der Waals surface area (Å²) < 4.78 is 23.7. The molecule has 0 N–H and O–H groups in total. The van der Waals surface area contributed by atoms with Crippen LogP contribution in [0.5, 0.6) is 0 Å². The highest BCUT2D eigenvalue weighted by atomic mass is 32.2. The average molecular weight is 304 g/mol. The normalized spacial score (nSPS) is 10.4. The minimum atomic E-state index is -3.44. The van der Waals surface area contributed by atoms with E-state index in [-0.39, 0.29) is 4.90 Å². The number of hydrogen-bond acceptors (Lipinski definition) is 2. The maximum absolute atomic E-state index is 11.8. The fraction of sp³-hybridized carbons (Fsp3) is 0.222. The van der Waals surface area contributed by atoms with Gasteiger partial charge >= 0.3 is 0 Å². The van der Waals surface area contributed by atoms with Crippen molar-refractivity contribution >= 4 is 9.84 Å². The van der Waals surface area contributed by atoms with Gasteiger partial charge in [-0.15, -0.1) is 0 Å². The SMILES string of the molecule is C=C/C=C(C=C)/C=C/S(=O)(=O)c1cc#ccc1.CC.CC. The minimum absolute atomic E-state index is 0.189. The second kappa shape index (κ2) is 13.0. The molecule has 21 heavy (non-hydrogen) atoms. The molecule has 0 aliphatic heterocycles. The van der Waals surface area contributed by atoms with Crippen molar-refractivity contribution in [1.82, 2.24) is 0 Å². The van der Waals surface area contributed by atoms with Crippen molar-refractivity contribution in [1.29, 1.82) is 0 Å². The Bertz CT molecular complexity index is 550. The summed E-state index contributed by atoms with van der Waals surface area (Å²) in [6, 6.07) is 9.61. The molecule has 0 amide bonds. The van der Waals surface area contributed by atoms with Gasteiger partial charge in [-0.2, -0.15) is 0 Å². The molecule has 3 heteroatoms. The summed E-state index contributed by atoms with van der Waals surface area (Å²) in [4.78, 5) is 0.189. The van der Waals surface area contributed by atoms with Crippen LogP contribution in [0, 0.1) is 12.1 Å². The molecule has 0 heterocycles. The quantitative estimate of drug-likeness (QED) is 0.723. The van der Waals surface area contributed by atoms with Crippen LogP contribution in [0.2, 0.25) is 0 Å². The lowest BCUT2D eigenvalue weighted by atomic mass is 10.2. The van der Waals surface area contributed by atoms with Crippen LogP contribution in [0.1, 0.15) is 27.7 Å². The molecule has 0 bridgehead atoms. The number of allylic oxidation sites excluding steroid dienone is 5. The smallest absolute Gasteiger partial charge is 0.200 e. The van der Waals surface area contributed by atoms with Gasteiger partial charge in [0.05, 0.1) is 4.90 Å². The first-order chi connectivity index (χ1) is 10.1. The number of hydrogen-bond donors (Lipinski definition) is 0. The first-order valence-electron chi connectivity index (χ1n) is 6.86. The van der Waals surface area contributed by atoms with Crippen LogP contribution in [0.3, 0.4) is 0 Å². The highest BCUT2D eigenvalue weighted by Gasteiger charge is 2.08. The van der Waals surface area contributed by atoms with E-state index >= 15 is 0 Å². The third-order valence-corrected chi connectivity index (χ3v) is 3.35. The van der Waals surface area contributed by atoms with Crippen molar-refractivity contribution in [2.45, 2.75) is 32.6 Å². The highest BCUT2D eigenvalue weighted by molar-refractivity contribution is 7.94. The molecule has 0 aliphatic rings. The Morgan fingerprint density at radius 3 is 2.19 bits per heavy atom. The molecule has 0 atom stereocenters. The van der Waals surface area contributed by atoms with Crippen molar-refractivity contribution in [3.05, 3.63) is 78.8 Å². The summed E-state index contributed by atoms with van der Waals surface area (Å²) in [5.74, 6) is 0. The van der Waals surface area contributed by atoms with Gasteiger partial charge in [0.2, 0.25) is 0 Å². The Morgan fingerprint density at radius 2 is 1.76 bits per heavy atom. The van der Waals surface area contributed by atoms with Crippen LogP contribution in [-0.4, -0.2) is 8.42 Å². The van der Waals surface area contributed by atoms with Crippen LogP contribution in [-0.2, 0) is 9.84 Å². The van der Waals surface area contributed by atoms with Crippen molar-refractivity contribution in [2.24, 2.45) is 0 Å². The largest absolute Gasteiger partial charge is 0.219 e.